The van der Waals surface area contributed by atoms with E-state index >= 15 is 0 Å². The maximum absolute atomic E-state index is 13.4. The predicted molar refractivity (Wildman–Crippen MR) is 105 cm³/mol. The van der Waals surface area contributed by atoms with Gasteiger partial charge in [-0.15, -0.1) is 0 Å². The summed E-state index contributed by atoms with van der Waals surface area (Å²) in [6.45, 7) is 4.18. The zero-order valence-electron chi connectivity index (χ0n) is 16.2. The molecule has 5 heteroatoms. The number of nitrogens with zero attached hydrogens (tertiary/aromatic N) is 1. The van der Waals surface area contributed by atoms with E-state index in [9.17, 15) is 9.18 Å². The molecule has 1 spiro atoms. The fourth-order valence-corrected chi connectivity index (χ4v) is 4.42. The average Bonchev–Trinajstić information content (AvgIpc) is 2.70. The van der Waals surface area contributed by atoms with Crippen LogP contribution in [-0.4, -0.2) is 42.7 Å². The first kappa shape index (κ1) is 18.9. The van der Waals surface area contributed by atoms with Gasteiger partial charge < -0.3 is 9.47 Å². The third-order valence-electron chi connectivity index (χ3n) is 5.89. The van der Waals surface area contributed by atoms with Gasteiger partial charge in [-0.25, -0.2) is 4.39 Å². The standard InChI is InChI=1S/C23H26FNO3/c1-2-27-22(26)16-25-13-11-23(12-14-25)15-20(17-7-9-18(24)10-8-17)19-5-3-4-6-21(19)28-23/h3-10,20H,2,11-16H2,1H3. The minimum Gasteiger partial charge on any atom is -0.487 e. The van der Waals surface area contributed by atoms with Gasteiger partial charge in [0.25, 0.3) is 0 Å². The lowest BCUT2D eigenvalue weighted by molar-refractivity contribution is -0.145. The first-order valence-corrected chi connectivity index (χ1v) is 10.00. The number of benzene rings is 2. The van der Waals surface area contributed by atoms with Gasteiger partial charge in [0.1, 0.15) is 17.2 Å². The summed E-state index contributed by atoms with van der Waals surface area (Å²) >= 11 is 0. The van der Waals surface area contributed by atoms with Crippen LogP contribution in [0.1, 0.15) is 43.2 Å². The molecule has 0 saturated carbocycles. The second kappa shape index (κ2) is 7.92. The van der Waals surface area contributed by atoms with Crippen LogP contribution in [0.2, 0.25) is 0 Å². The molecule has 1 fully saturated rings. The maximum Gasteiger partial charge on any atom is 0.320 e. The fourth-order valence-electron chi connectivity index (χ4n) is 4.42. The Kier molecular flexibility index (Phi) is 5.36. The van der Waals surface area contributed by atoms with Gasteiger partial charge in [-0.3, -0.25) is 9.69 Å². The van der Waals surface area contributed by atoms with E-state index in [0.717, 1.165) is 49.2 Å². The van der Waals surface area contributed by atoms with Crippen molar-refractivity contribution in [2.45, 2.75) is 37.7 Å². The number of likely N-dealkylation sites (tertiary alicyclic amines) is 1. The van der Waals surface area contributed by atoms with E-state index < -0.39 is 0 Å². The molecule has 148 valence electrons. The number of halogens is 1. The van der Waals surface area contributed by atoms with Crippen LogP contribution in [0.4, 0.5) is 4.39 Å². The van der Waals surface area contributed by atoms with Crippen LogP contribution in [0.15, 0.2) is 48.5 Å². The minimum atomic E-state index is -0.251. The lowest BCUT2D eigenvalue weighted by Crippen LogP contribution is -2.51. The molecule has 0 amide bonds. The Morgan fingerprint density at radius 2 is 1.89 bits per heavy atom. The van der Waals surface area contributed by atoms with Crippen molar-refractivity contribution >= 4 is 5.97 Å². The van der Waals surface area contributed by atoms with Gasteiger partial charge in [0.05, 0.1) is 13.2 Å². The summed E-state index contributed by atoms with van der Waals surface area (Å²) in [5, 5.41) is 0. The highest BCUT2D eigenvalue weighted by Gasteiger charge is 2.43. The Morgan fingerprint density at radius 3 is 2.61 bits per heavy atom. The van der Waals surface area contributed by atoms with Crippen molar-refractivity contribution in [3.8, 4) is 5.75 Å². The summed E-state index contributed by atoms with van der Waals surface area (Å²) in [7, 11) is 0. The number of rotatable bonds is 4. The van der Waals surface area contributed by atoms with Crippen LogP contribution in [0.25, 0.3) is 0 Å². The molecule has 0 aromatic heterocycles. The van der Waals surface area contributed by atoms with Gasteiger partial charge >= 0.3 is 5.97 Å². The Bertz CT molecular complexity index is 828. The monoisotopic (exact) mass is 383 g/mol. The van der Waals surface area contributed by atoms with Gasteiger partial charge in [-0.2, -0.15) is 0 Å². The second-order valence-electron chi connectivity index (χ2n) is 7.71. The van der Waals surface area contributed by atoms with Gasteiger partial charge in [0, 0.05) is 24.6 Å². The molecular formula is C23H26FNO3. The molecule has 1 unspecified atom stereocenters. The van der Waals surface area contributed by atoms with E-state index in [4.69, 9.17) is 9.47 Å². The molecule has 0 aliphatic carbocycles. The summed E-state index contributed by atoms with van der Waals surface area (Å²) in [5.41, 5.74) is 2.03. The van der Waals surface area contributed by atoms with Crippen molar-refractivity contribution < 1.29 is 18.7 Å². The Morgan fingerprint density at radius 1 is 1.18 bits per heavy atom. The number of carbonyl (C=O) groups is 1. The molecule has 1 atom stereocenters. The van der Waals surface area contributed by atoms with E-state index in [-0.39, 0.29) is 23.3 Å². The summed E-state index contributed by atoms with van der Waals surface area (Å²) in [4.78, 5) is 13.9. The second-order valence-corrected chi connectivity index (χ2v) is 7.71. The predicted octanol–water partition coefficient (Wildman–Crippen LogP) is 4.14. The van der Waals surface area contributed by atoms with Gasteiger partial charge in [0.15, 0.2) is 0 Å². The van der Waals surface area contributed by atoms with Crippen LogP contribution < -0.4 is 4.74 Å². The highest BCUT2D eigenvalue weighted by atomic mass is 19.1. The van der Waals surface area contributed by atoms with Gasteiger partial charge in [-0.05, 0) is 49.9 Å². The molecule has 2 aromatic carbocycles. The molecule has 4 nitrogen and oxygen atoms in total. The van der Waals surface area contributed by atoms with E-state index in [1.165, 1.54) is 12.1 Å². The van der Waals surface area contributed by atoms with Crippen molar-refractivity contribution in [2.24, 2.45) is 0 Å². The van der Waals surface area contributed by atoms with Crippen molar-refractivity contribution in [3.05, 3.63) is 65.5 Å². The summed E-state index contributed by atoms with van der Waals surface area (Å²) in [6, 6.07) is 15.0. The average molecular weight is 383 g/mol. The van der Waals surface area contributed by atoms with Crippen LogP contribution in [-0.2, 0) is 9.53 Å². The van der Waals surface area contributed by atoms with Crippen molar-refractivity contribution in [1.29, 1.82) is 0 Å². The Balaban J connectivity index is 1.54. The smallest absolute Gasteiger partial charge is 0.320 e. The number of piperidine rings is 1. The molecule has 2 heterocycles. The first-order chi connectivity index (χ1) is 13.6. The molecule has 2 aliphatic rings. The largest absolute Gasteiger partial charge is 0.487 e. The zero-order chi connectivity index (χ0) is 19.6. The van der Waals surface area contributed by atoms with Gasteiger partial charge in [0.2, 0.25) is 0 Å². The topological polar surface area (TPSA) is 38.8 Å². The molecule has 1 saturated heterocycles. The lowest BCUT2D eigenvalue weighted by atomic mass is 9.75. The van der Waals surface area contributed by atoms with Crippen molar-refractivity contribution in [3.63, 3.8) is 0 Å². The number of ether oxygens (including phenoxy) is 2. The maximum atomic E-state index is 13.4. The Labute approximate surface area is 165 Å². The van der Waals surface area contributed by atoms with E-state index in [2.05, 4.69) is 11.0 Å². The molecule has 2 aromatic rings. The molecule has 4 rings (SSSR count). The molecule has 0 bridgehead atoms. The number of hydrogen-bond acceptors (Lipinski definition) is 4. The van der Waals surface area contributed by atoms with Crippen LogP contribution in [0.3, 0.4) is 0 Å². The number of carbonyl (C=O) groups excluding carboxylic acids is 1. The molecule has 28 heavy (non-hydrogen) atoms. The van der Waals surface area contributed by atoms with E-state index in [1.54, 1.807) is 0 Å². The number of fused-ring (bicyclic) bond motifs is 1. The third kappa shape index (κ3) is 3.90. The zero-order valence-corrected chi connectivity index (χ0v) is 16.2. The van der Waals surface area contributed by atoms with Crippen molar-refractivity contribution in [1.82, 2.24) is 4.90 Å². The fraction of sp³-hybridized carbons (Fsp3) is 0.435. The number of para-hydroxylation sites is 1. The minimum absolute atomic E-state index is 0.169. The van der Waals surface area contributed by atoms with E-state index in [0.29, 0.717) is 13.2 Å². The summed E-state index contributed by atoms with van der Waals surface area (Å²) in [5.74, 6) is 0.715. The molecule has 0 radical (unpaired) electrons. The van der Waals surface area contributed by atoms with Crippen LogP contribution >= 0.6 is 0 Å². The normalized spacial score (nSPS) is 21.0. The highest BCUT2D eigenvalue weighted by Crippen LogP contribution is 2.47. The quantitative estimate of drug-likeness (QED) is 0.744. The van der Waals surface area contributed by atoms with Gasteiger partial charge in [-0.1, -0.05) is 30.3 Å². The molecule has 2 aliphatic heterocycles. The Hall–Kier alpha value is -2.40. The first-order valence-electron chi connectivity index (χ1n) is 10.00. The van der Waals surface area contributed by atoms with E-state index in [1.807, 2.05) is 37.3 Å². The van der Waals surface area contributed by atoms with Crippen LogP contribution in [0, 0.1) is 5.82 Å². The molecule has 0 N–H and O–H groups in total. The SMILES string of the molecule is CCOC(=O)CN1CCC2(CC1)CC(c1ccc(F)cc1)c1ccccc1O2. The van der Waals surface area contributed by atoms with Crippen LogP contribution in [0.5, 0.6) is 5.75 Å². The molecular weight excluding hydrogens is 357 g/mol. The highest BCUT2D eigenvalue weighted by molar-refractivity contribution is 5.71. The summed E-state index contributed by atoms with van der Waals surface area (Å²) in [6.07, 6.45) is 2.58. The lowest BCUT2D eigenvalue weighted by Gasteiger charge is -2.47. The summed E-state index contributed by atoms with van der Waals surface area (Å²) < 4.78 is 25.0. The third-order valence-corrected chi connectivity index (χ3v) is 5.89. The number of esters is 1. The number of hydrogen-bond donors (Lipinski definition) is 0. The van der Waals surface area contributed by atoms with Crippen molar-refractivity contribution in [2.75, 3.05) is 26.2 Å².